The molecule has 0 aliphatic carbocycles. The van der Waals surface area contributed by atoms with Crippen molar-refractivity contribution in [3.05, 3.63) is 47.3 Å². The first-order chi connectivity index (χ1) is 14.3. The van der Waals surface area contributed by atoms with Crippen LogP contribution in [0.25, 0.3) is 0 Å². The van der Waals surface area contributed by atoms with Crippen LogP contribution >= 0.6 is 11.3 Å². The molecule has 1 aromatic carbocycles. The second kappa shape index (κ2) is 8.73. The first-order valence-corrected chi connectivity index (χ1v) is 12.4. The molecule has 10 heteroatoms. The molecule has 1 N–H and O–H groups in total. The molecular formula is C21H27F3N2O3S2. The third-order valence-corrected chi connectivity index (χ3v) is 8.83. The summed E-state index contributed by atoms with van der Waals surface area (Å²) in [7, 11) is -3.57. The standard InChI is InChI=1S/C21H27F3N2O3S2/c1-15(2)13-18-14-25(31(28,29)19-5-4-12-30-19)10-11-26(18)17-8-6-16(7-9-17)20(3,27)21(22,23)24/h4-9,12,15,18,27H,10-11,13-14H2,1-3H3/t18-,20-/m0/s1. The minimum Gasteiger partial charge on any atom is -0.376 e. The van der Waals surface area contributed by atoms with E-state index in [0.29, 0.717) is 28.9 Å². The Balaban J connectivity index is 1.84. The number of hydrogen-bond donors (Lipinski definition) is 1. The molecule has 2 heterocycles. The summed E-state index contributed by atoms with van der Waals surface area (Å²) in [6, 6.07) is 8.87. The molecule has 2 aromatic rings. The lowest BCUT2D eigenvalue weighted by Crippen LogP contribution is -2.55. The summed E-state index contributed by atoms with van der Waals surface area (Å²) in [6.45, 7) is 5.86. The molecule has 31 heavy (non-hydrogen) atoms. The van der Waals surface area contributed by atoms with Crippen molar-refractivity contribution in [1.82, 2.24) is 4.31 Å². The quantitative estimate of drug-likeness (QED) is 0.670. The number of aliphatic hydroxyl groups is 1. The van der Waals surface area contributed by atoms with Gasteiger partial charge in [0.1, 0.15) is 4.21 Å². The molecular weight excluding hydrogens is 449 g/mol. The second-order valence-electron chi connectivity index (χ2n) is 8.39. The van der Waals surface area contributed by atoms with Crippen LogP contribution in [0.15, 0.2) is 46.0 Å². The molecule has 0 radical (unpaired) electrons. The molecule has 0 unspecified atom stereocenters. The van der Waals surface area contributed by atoms with Crippen LogP contribution in [0.1, 0.15) is 32.8 Å². The Kier molecular flexibility index (Phi) is 6.76. The van der Waals surface area contributed by atoms with Gasteiger partial charge in [0.15, 0.2) is 5.60 Å². The molecule has 2 atom stereocenters. The Bertz CT molecular complexity index is 972. The van der Waals surface area contributed by atoms with Crippen LogP contribution in [0.5, 0.6) is 0 Å². The first kappa shape index (κ1) is 24.0. The van der Waals surface area contributed by atoms with E-state index >= 15 is 0 Å². The molecule has 0 bridgehead atoms. The maximum absolute atomic E-state index is 13.1. The normalized spacial score (nSPS) is 20.8. The van der Waals surface area contributed by atoms with Crippen molar-refractivity contribution in [2.24, 2.45) is 5.92 Å². The van der Waals surface area contributed by atoms with Crippen LogP contribution in [0.4, 0.5) is 18.9 Å². The average molecular weight is 477 g/mol. The van der Waals surface area contributed by atoms with E-state index in [0.717, 1.165) is 13.3 Å². The number of thiophene rings is 1. The summed E-state index contributed by atoms with van der Waals surface area (Å²) < 4.78 is 67.1. The second-order valence-corrected chi connectivity index (χ2v) is 11.5. The van der Waals surface area contributed by atoms with Crippen molar-refractivity contribution < 1.29 is 26.7 Å². The topological polar surface area (TPSA) is 60.9 Å². The third-order valence-electron chi connectivity index (χ3n) is 5.59. The zero-order chi connectivity index (χ0) is 23.0. The number of halogens is 3. The Labute approximate surface area is 185 Å². The number of sulfonamides is 1. The zero-order valence-corrected chi connectivity index (χ0v) is 19.3. The van der Waals surface area contributed by atoms with Gasteiger partial charge in [-0.25, -0.2) is 8.42 Å². The first-order valence-electron chi connectivity index (χ1n) is 10.0. The van der Waals surface area contributed by atoms with Crippen LogP contribution in [-0.4, -0.2) is 49.7 Å². The summed E-state index contributed by atoms with van der Waals surface area (Å²) in [5.41, 5.74) is -2.46. The van der Waals surface area contributed by atoms with E-state index in [9.17, 15) is 26.7 Å². The van der Waals surface area contributed by atoms with E-state index in [2.05, 4.69) is 13.8 Å². The predicted octanol–water partition coefficient (Wildman–Crippen LogP) is 4.44. The Morgan fingerprint density at radius 3 is 2.32 bits per heavy atom. The highest BCUT2D eigenvalue weighted by Crippen LogP contribution is 2.39. The summed E-state index contributed by atoms with van der Waals surface area (Å²) in [4.78, 5) is 2.05. The molecule has 0 saturated carbocycles. The molecule has 5 nitrogen and oxygen atoms in total. The Morgan fingerprint density at radius 2 is 1.81 bits per heavy atom. The third kappa shape index (κ3) is 4.92. The van der Waals surface area contributed by atoms with Crippen LogP contribution in [0.3, 0.4) is 0 Å². The molecule has 1 fully saturated rings. The maximum atomic E-state index is 13.1. The molecule has 0 spiro atoms. The number of anilines is 1. The van der Waals surface area contributed by atoms with E-state index in [-0.39, 0.29) is 18.2 Å². The van der Waals surface area contributed by atoms with Crippen molar-refractivity contribution >= 4 is 27.0 Å². The molecule has 1 aliphatic heterocycles. The van der Waals surface area contributed by atoms with Gasteiger partial charge in [0.2, 0.25) is 0 Å². The highest BCUT2D eigenvalue weighted by molar-refractivity contribution is 7.91. The van der Waals surface area contributed by atoms with Gasteiger partial charge in [-0.3, -0.25) is 0 Å². The van der Waals surface area contributed by atoms with Gasteiger partial charge in [-0.1, -0.05) is 32.0 Å². The number of alkyl halides is 3. The van der Waals surface area contributed by atoms with Gasteiger partial charge in [-0.2, -0.15) is 17.5 Å². The number of nitrogens with zero attached hydrogens (tertiary/aromatic N) is 2. The molecule has 1 aliphatic rings. The maximum Gasteiger partial charge on any atom is 0.421 e. The predicted molar refractivity (Wildman–Crippen MR) is 116 cm³/mol. The van der Waals surface area contributed by atoms with E-state index in [1.54, 1.807) is 29.6 Å². The van der Waals surface area contributed by atoms with Gasteiger partial charge in [0, 0.05) is 31.4 Å². The smallest absolute Gasteiger partial charge is 0.376 e. The minimum absolute atomic E-state index is 0.113. The minimum atomic E-state index is -4.78. The largest absolute Gasteiger partial charge is 0.421 e. The fraction of sp³-hybridized carbons (Fsp3) is 0.524. The number of benzene rings is 1. The molecule has 1 aromatic heterocycles. The van der Waals surface area contributed by atoms with E-state index < -0.39 is 21.8 Å². The average Bonchev–Trinajstić information content (AvgIpc) is 3.22. The molecule has 1 saturated heterocycles. The van der Waals surface area contributed by atoms with Crippen molar-refractivity contribution in [3.63, 3.8) is 0 Å². The van der Waals surface area contributed by atoms with E-state index in [1.165, 1.54) is 27.8 Å². The lowest BCUT2D eigenvalue weighted by Gasteiger charge is -2.43. The highest BCUT2D eigenvalue weighted by atomic mass is 32.2. The van der Waals surface area contributed by atoms with Crippen molar-refractivity contribution in [2.45, 2.75) is 49.2 Å². The van der Waals surface area contributed by atoms with Crippen LogP contribution in [0, 0.1) is 5.92 Å². The Morgan fingerprint density at radius 1 is 1.16 bits per heavy atom. The molecule has 0 amide bonds. The van der Waals surface area contributed by atoms with E-state index in [1.807, 2.05) is 4.90 Å². The summed E-state index contributed by atoms with van der Waals surface area (Å²) in [5, 5.41) is 11.6. The van der Waals surface area contributed by atoms with Crippen LogP contribution < -0.4 is 4.90 Å². The lowest BCUT2D eigenvalue weighted by molar-refractivity contribution is -0.258. The van der Waals surface area contributed by atoms with Gasteiger partial charge in [0.25, 0.3) is 10.0 Å². The van der Waals surface area contributed by atoms with Crippen LogP contribution in [0.2, 0.25) is 0 Å². The van der Waals surface area contributed by atoms with Gasteiger partial charge in [-0.05, 0) is 48.4 Å². The fourth-order valence-electron chi connectivity index (χ4n) is 3.81. The SMILES string of the molecule is CC(C)C[C@H]1CN(S(=O)(=O)c2cccs2)CCN1c1ccc([C@](C)(O)C(F)(F)F)cc1. The molecule has 3 rings (SSSR count). The molecule has 172 valence electrons. The van der Waals surface area contributed by atoms with Crippen molar-refractivity contribution in [3.8, 4) is 0 Å². The number of hydrogen-bond acceptors (Lipinski definition) is 5. The van der Waals surface area contributed by atoms with Gasteiger partial charge >= 0.3 is 6.18 Å². The number of piperazine rings is 1. The van der Waals surface area contributed by atoms with E-state index in [4.69, 9.17) is 0 Å². The van der Waals surface area contributed by atoms with Gasteiger partial charge in [0.05, 0.1) is 0 Å². The monoisotopic (exact) mass is 476 g/mol. The summed E-state index contributed by atoms with van der Waals surface area (Å²) in [5.74, 6) is 0.308. The lowest BCUT2D eigenvalue weighted by atomic mass is 9.94. The van der Waals surface area contributed by atoms with Crippen molar-refractivity contribution in [1.29, 1.82) is 0 Å². The van der Waals surface area contributed by atoms with Crippen molar-refractivity contribution in [2.75, 3.05) is 24.5 Å². The fourth-order valence-corrected chi connectivity index (χ4v) is 6.42. The highest BCUT2D eigenvalue weighted by Gasteiger charge is 2.51. The zero-order valence-electron chi connectivity index (χ0n) is 17.6. The van der Waals surface area contributed by atoms with Crippen LogP contribution in [-0.2, 0) is 15.6 Å². The Hall–Kier alpha value is -1.62. The summed E-state index contributed by atoms with van der Waals surface area (Å²) in [6.07, 6.45) is -4.05. The summed E-state index contributed by atoms with van der Waals surface area (Å²) >= 11 is 1.18. The number of rotatable bonds is 6. The van der Waals surface area contributed by atoms with Gasteiger partial charge < -0.3 is 10.0 Å². The van der Waals surface area contributed by atoms with Gasteiger partial charge in [-0.15, -0.1) is 11.3 Å².